The van der Waals surface area contributed by atoms with E-state index >= 15 is 0 Å². The van der Waals surface area contributed by atoms with Gasteiger partial charge in [0, 0.05) is 0 Å². The van der Waals surface area contributed by atoms with E-state index in [0.29, 0.717) is 16.2 Å². The average molecular weight is 201 g/mol. The van der Waals surface area contributed by atoms with E-state index < -0.39 is 0 Å². The molecule has 0 spiro atoms. The molecule has 0 aliphatic heterocycles. The van der Waals surface area contributed by atoms with Crippen molar-refractivity contribution >= 4 is 34.2 Å². The molecule has 2 heterocycles. The fourth-order valence-electron chi connectivity index (χ4n) is 0.822. The number of hydrogen-bond acceptors (Lipinski definition) is 4. The first-order chi connectivity index (χ1) is 5.77. The Bertz CT molecular complexity index is 431. The van der Waals surface area contributed by atoms with Crippen LogP contribution in [0.1, 0.15) is 0 Å². The summed E-state index contributed by atoms with van der Waals surface area (Å²) >= 11 is 11.3. The fraction of sp³-hybridized carbons (Fsp3) is 0. The molecule has 0 N–H and O–H groups in total. The molecule has 2 aromatic heterocycles. The van der Waals surface area contributed by atoms with Gasteiger partial charge in [-0.1, -0.05) is 11.6 Å². The SMILES string of the molecule is Clc1nc(Cl)c2ccnnc2n1. The van der Waals surface area contributed by atoms with Crippen molar-refractivity contribution in [1.29, 1.82) is 0 Å². The van der Waals surface area contributed by atoms with E-state index in [9.17, 15) is 0 Å². The minimum absolute atomic E-state index is 0.0769. The smallest absolute Gasteiger partial charge is 0.205 e. The zero-order valence-electron chi connectivity index (χ0n) is 5.70. The highest BCUT2D eigenvalue weighted by Crippen LogP contribution is 2.18. The van der Waals surface area contributed by atoms with Gasteiger partial charge < -0.3 is 0 Å². The van der Waals surface area contributed by atoms with Gasteiger partial charge in [0.05, 0.1) is 11.6 Å². The molecule has 0 saturated carbocycles. The molecular formula is C6H2Cl2N4. The Morgan fingerprint density at radius 3 is 2.83 bits per heavy atom. The van der Waals surface area contributed by atoms with Crippen LogP contribution in [0.4, 0.5) is 0 Å². The average Bonchev–Trinajstić information content (AvgIpc) is 2.04. The van der Waals surface area contributed by atoms with Crippen LogP contribution >= 0.6 is 23.2 Å². The maximum atomic E-state index is 5.76. The van der Waals surface area contributed by atoms with Crippen LogP contribution in [-0.4, -0.2) is 20.2 Å². The van der Waals surface area contributed by atoms with Gasteiger partial charge in [0.15, 0.2) is 5.65 Å². The molecule has 0 unspecified atom stereocenters. The van der Waals surface area contributed by atoms with Crippen LogP contribution in [0.3, 0.4) is 0 Å². The summed E-state index contributed by atoms with van der Waals surface area (Å²) in [7, 11) is 0. The summed E-state index contributed by atoms with van der Waals surface area (Å²) in [5, 5.41) is 8.39. The predicted octanol–water partition coefficient (Wildman–Crippen LogP) is 1.73. The lowest BCUT2D eigenvalue weighted by Crippen LogP contribution is -1.90. The van der Waals surface area contributed by atoms with Gasteiger partial charge in [0.2, 0.25) is 5.28 Å². The Labute approximate surface area is 77.6 Å². The zero-order valence-corrected chi connectivity index (χ0v) is 7.21. The molecule has 60 valence electrons. The van der Waals surface area contributed by atoms with Gasteiger partial charge in [0.1, 0.15) is 5.15 Å². The van der Waals surface area contributed by atoms with Crippen molar-refractivity contribution in [2.24, 2.45) is 0 Å². The minimum atomic E-state index is 0.0769. The number of rotatable bonds is 0. The van der Waals surface area contributed by atoms with E-state index in [1.54, 1.807) is 6.07 Å². The first kappa shape index (κ1) is 7.64. The standard InChI is InChI=1S/C6H2Cl2N4/c7-4-3-1-2-9-12-5(3)11-6(8)10-4/h1-2H. The molecular weight excluding hydrogens is 199 g/mol. The van der Waals surface area contributed by atoms with Gasteiger partial charge in [0.25, 0.3) is 0 Å². The van der Waals surface area contributed by atoms with Crippen molar-refractivity contribution in [2.75, 3.05) is 0 Å². The molecule has 2 aromatic rings. The second-order valence-corrected chi connectivity index (χ2v) is 2.75. The van der Waals surface area contributed by atoms with Crippen molar-refractivity contribution in [3.63, 3.8) is 0 Å². The van der Waals surface area contributed by atoms with Crippen molar-refractivity contribution < 1.29 is 0 Å². The number of halogens is 2. The second kappa shape index (κ2) is 2.80. The Hall–Kier alpha value is -1.00. The molecule has 0 bridgehead atoms. The zero-order chi connectivity index (χ0) is 8.55. The molecule has 12 heavy (non-hydrogen) atoms. The summed E-state index contributed by atoms with van der Waals surface area (Å²) in [6.07, 6.45) is 1.52. The second-order valence-electron chi connectivity index (χ2n) is 2.05. The van der Waals surface area contributed by atoms with Crippen molar-refractivity contribution in [2.45, 2.75) is 0 Å². The number of nitrogens with zero attached hydrogens (tertiary/aromatic N) is 4. The summed E-state index contributed by atoms with van der Waals surface area (Å²) < 4.78 is 0. The van der Waals surface area contributed by atoms with Crippen molar-refractivity contribution in [3.8, 4) is 0 Å². The van der Waals surface area contributed by atoms with Gasteiger partial charge in [-0.15, -0.1) is 5.10 Å². The molecule has 0 aliphatic rings. The lowest BCUT2D eigenvalue weighted by Gasteiger charge is -1.96. The third-order valence-corrected chi connectivity index (χ3v) is 1.77. The Balaban J connectivity index is 2.89. The van der Waals surface area contributed by atoms with Crippen molar-refractivity contribution in [1.82, 2.24) is 20.2 Å². The highest BCUT2D eigenvalue weighted by molar-refractivity contribution is 6.35. The normalized spacial score (nSPS) is 10.5. The molecule has 4 nitrogen and oxygen atoms in total. The molecule has 0 aliphatic carbocycles. The van der Waals surface area contributed by atoms with Gasteiger partial charge >= 0.3 is 0 Å². The maximum absolute atomic E-state index is 5.76. The number of fused-ring (bicyclic) bond motifs is 1. The van der Waals surface area contributed by atoms with Gasteiger partial charge in [-0.05, 0) is 17.7 Å². The van der Waals surface area contributed by atoms with E-state index in [4.69, 9.17) is 23.2 Å². The van der Waals surface area contributed by atoms with Gasteiger partial charge in [-0.25, -0.2) is 4.98 Å². The lowest BCUT2D eigenvalue weighted by atomic mass is 10.4. The molecule has 6 heteroatoms. The van der Waals surface area contributed by atoms with Crippen LogP contribution in [-0.2, 0) is 0 Å². The summed E-state index contributed by atoms with van der Waals surface area (Å²) in [5.74, 6) is 0. The van der Waals surface area contributed by atoms with Crippen LogP contribution < -0.4 is 0 Å². The summed E-state index contributed by atoms with van der Waals surface area (Å²) in [6, 6.07) is 1.68. The highest BCUT2D eigenvalue weighted by Gasteiger charge is 2.04. The highest BCUT2D eigenvalue weighted by atomic mass is 35.5. The van der Waals surface area contributed by atoms with Crippen LogP contribution in [0.2, 0.25) is 10.4 Å². The maximum Gasteiger partial charge on any atom is 0.225 e. The molecule has 0 amide bonds. The van der Waals surface area contributed by atoms with Crippen LogP contribution in [0.5, 0.6) is 0 Å². The number of aromatic nitrogens is 4. The van der Waals surface area contributed by atoms with Gasteiger partial charge in [-0.2, -0.15) is 10.1 Å². The first-order valence-electron chi connectivity index (χ1n) is 3.08. The third-order valence-electron chi connectivity index (χ3n) is 1.31. The van der Waals surface area contributed by atoms with E-state index in [2.05, 4.69) is 20.2 Å². The molecule has 0 saturated heterocycles. The first-order valence-corrected chi connectivity index (χ1v) is 3.83. The largest absolute Gasteiger partial charge is 0.225 e. The molecule has 0 fully saturated rings. The van der Waals surface area contributed by atoms with E-state index in [1.165, 1.54) is 6.20 Å². The van der Waals surface area contributed by atoms with E-state index in [1.807, 2.05) is 0 Å². The lowest BCUT2D eigenvalue weighted by molar-refractivity contribution is 1.04. The topological polar surface area (TPSA) is 51.6 Å². The monoisotopic (exact) mass is 200 g/mol. The van der Waals surface area contributed by atoms with Gasteiger partial charge in [-0.3, -0.25) is 0 Å². The quantitative estimate of drug-likeness (QED) is 0.481. The molecule has 0 aromatic carbocycles. The van der Waals surface area contributed by atoms with E-state index in [-0.39, 0.29) is 5.28 Å². The molecule has 2 rings (SSSR count). The summed E-state index contributed by atoms with van der Waals surface area (Å²) in [5.41, 5.74) is 0.405. The number of hydrogen-bond donors (Lipinski definition) is 0. The molecule has 0 radical (unpaired) electrons. The van der Waals surface area contributed by atoms with Crippen LogP contribution in [0, 0.1) is 0 Å². The Kier molecular flexibility index (Phi) is 1.78. The minimum Gasteiger partial charge on any atom is -0.205 e. The fourth-order valence-corrected chi connectivity index (χ4v) is 1.26. The summed E-state index contributed by atoms with van der Waals surface area (Å²) in [4.78, 5) is 7.59. The third kappa shape index (κ3) is 1.19. The Morgan fingerprint density at radius 1 is 1.17 bits per heavy atom. The van der Waals surface area contributed by atoms with E-state index in [0.717, 1.165) is 0 Å². The summed E-state index contributed by atoms with van der Waals surface area (Å²) in [6.45, 7) is 0. The molecule has 0 atom stereocenters. The van der Waals surface area contributed by atoms with Crippen molar-refractivity contribution in [3.05, 3.63) is 22.7 Å². The van der Waals surface area contributed by atoms with Crippen LogP contribution in [0.25, 0.3) is 11.0 Å². The Morgan fingerprint density at radius 2 is 2.00 bits per heavy atom. The predicted molar refractivity (Wildman–Crippen MR) is 45.1 cm³/mol. The van der Waals surface area contributed by atoms with Crippen LogP contribution in [0.15, 0.2) is 12.3 Å².